The van der Waals surface area contributed by atoms with Crippen LogP contribution in [-0.2, 0) is 0 Å². The second-order valence-corrected chi connectivity index (χ2v) is 6.59. The fourth-order valence-corrected chi connectivity index (χ4v) is 3.14. The number of nitrogens with zero attached hydrogens (tertiary/aromatic N) is 2. The van der Waals surface area contributed by atoms with Crippen molar-refractivity contribution in [3.05, 3.63) is 64.7 Å². The van der Waals surface area contributed by atoms with Crippen LogP contribution < -0.4 is 10.2 Å². The lowest BCUT2D eigenvalue weighted by Gasteiger charge is -2.36. The number of halogens is 3. The highest BCUT2D eigenvalue weighted by Gasteiger charge is 2.19. The van der Waals surface area contributed by atoms with E-state index in [0.717, 1.165) is 49.0 Å². The van der Waals surface area contributed by atoms with Gasteiger partial charge in [0, 0.05) is 50.0 Å². The van der Waals surface area contributed by atoms with E-state index < -0.39 is 23.1 Å². The quantitative estimate of drug-likeness (QED) is 0.866. The predicted molar refractivity (Wildman–Crippen MR) is 98.8 cm³/mol. The lowest BCUT2D eigenvalue weighted by molar-refractivity contribution is 0.0939. The summed E-state index contributed by atoms with van der Waals surface area (Å²) in [6.45, 7) is 4.43. The van der Waals surface area contributed by atoms with Gasteiger partial charge in [0.25, 0.3) is 5.91 Å². The minimum atomic E-state index is -0.848. The molecule has 1 aliphatic rings. The zero-order valence-electron chi connectivity index (χ0n) is 14.2. The molecule has 1 heterocycles. The molecular weight excluding hydrogens is 360 g/mol. The van der Waals surface area contributed by atoms with Gasteiger partial charge in [0.15, 0.2) is 0 Å². The summed E-state index contributed by atoms with van der Waals surface area (Å²) in [5, 5.41) is 3.31. The van der Waals surface area contributed by atoms with Crippen LogP contribution in [0.4, 0.5) is 14.5 Å². The Morgan fingerprint density at radius 3 is 2.23 bits per heavy atom. The Balaban J connectivity index is 1.44. The van der Waals surface area contributed by atoms with Crippen LogP contribution >= 0.6 is 11.6 Å². The van der Waals surface area contributed by atoms with E-state index in [-0.39, 0.29) is 0 Å². The van der Waals surface area contributed by atoms with E-state index in [1.165, 1.54) is 6.07 Å². The molecule has 0 spiro atoms. The first-order chi connectivity index (χ1) is 12.5. The Hall–Kier alpha value is -2.18. The summed E-state index contributed by atoms with van der Waals surface area (Å²) < 4.78 is 27.2. The summed E-state index contributed by atoms with van der Waals surface area (Å²) in [4.78, 5) is 16.5. The zero-order chi connectivity index (χ0) is 18.5. The third-order valence-corrected chi connectivity index (χ3v) is 4.72. The highest BCUT2D eigenvalue weighted by atomic mass is 35.5. The number of amides is 1. The molecule has 1 amide bonds. The highest BCUT2D eigenvalue weighted by Crippen LogP contribution is 2.19. The Kier molecular flexibility index (Phi) is 6.06. The average molecular weight is 380 g/mol. The Bertz CT molecular complexity index is 742. The predicted octanol–water partition coefficient (Wildman–Crippen LogP) is 3.17. The molecule has 1 fully saturated rings. The molecular formula is C19H20ClF2N3O. The van der Waals surface area contributed by atoms with Crippen LogP contribution in [0.15, 0.2) is 42.5 Å². The summed E-state index contributed by atoms with van der Waals surface area (Å²) >= 11 is 5.91. The van der Waals surface area contributed by atoms with E-state index in [4.69, 9.17) is 11.6 Å². The molecule has 2 aromatic rings. The van der Waals surface area contributed by atoms with E-state index in [1.807, 2.05) is 24.3 Å². The van der Waals surface area contributed by atoms with Crippen LogP contribution in [0.5, 0.6) is 0 Å². The van der Waals surface area contributed by atoms with Crippen LogP contribution in [0.25, 0.3) is 0 Å². The molecule has 0 aliphatic carbocycles. The number of carbonyl (C=O) groups excluding carboxylic acids is 1. The second kappa shape index (κ2) is 8.47. The normalized spacial score (nSPS) is 15.1. The smallest absolute Gasteiger partial charge is 0.257 e. The van der Waals surface area contributed by atoms with Crippen molar-refractivity contribution in [1.82, 2.24) is 10.2 Å². The molecule has 26 heavy (non-hydrogen) atoms. The Morgan fingerprint density at radius 2 is 1.62 bits per heavy atom. The largest absolute Gasteiger partial charge is 0.369 e. The summed E-state index contributed by atoms with van der Waals surface area (Å²) in [5.74, 6) is -2.42. The van der Waals surface area contributed by atoms with Gasteiger partial charge in [-0.05, 0) is 36.4 Å². The molecule has 0 aromatic heterocycles. The molecule has 2 aromatic carbocycles. The minimum absolute atomic E-state index is 0.341. The topological polar surface area (TPSA) is 35.6 Å². The SMILES string of the molecule is O=C(NCCN1CCN(c2ccc(Cl)cc2)CC1)c1c(F)cccc1F. The van der Waals surface area contributed by atoms with E-state index >= 15 is 0 Å². The van der Waals surface area contributed by atoms with Crippen molar-refractivity contribution in [2.45, 2.75) is 0 Å². The second-order valence-electron chi connectivity index (χ2n) is 6.16. The van der Waals surface area contributed by atoms with Gasteiger partial charge in [-0.25, -0.2) is 8.78 Å². The van der Waals surface area contributed by atoms with Crippen LogP contribution in [0.1, 0.15) is 10.4 Å². The monoisotopic (exact) mass is 379 g/mol. The van der Waals surface area contributed by atoms with Crippen molar-refractivity contribution >= 4 is 23.2 Å². The molecule has 1 aliphatic heterocycles. The van der Waals surface area contributed by atoms with Crippen molar-refractivity contribution < 1.29 is 13.6 Å². The third kappa shape index (κ3) is 4.51. The molecule has 0 unspecified atom stereocenters. The maximum atomic E-state index is 13.6. The fraction of sp³-hybridized carbons (Fsp3) is 0.316. The van der Waals surface area contributed by atoms with Crippen molar-refractivity contribution in [3.8, 4) is 0 Å². The van der Waals surface area contributed by atoms with Crippen LogP contribution in [-0.4, -0.2) is 50.1 Å². The van der Waals surface area contributed by atoms with E-state index in [0.29, 0.717) is 13.1 Å². The van der Waals surface area contributed by atoms with E-state index in [1.54, 1.807) is 0 Å². The summed E-state index contributed by atoms with van der Waals surface area (Å²) in [6, 6.07) is 11.1. The van der Waals surface area contributed by atoms with Crippen molar-refractivity contribution in [1.29, 1.82) is 0 Å². The number of piperazine rings is 1. The standard InChI is InChI=1S/C19H20ClF2N3O/c20-14-4-6-15(7-5-14)25-12-10-24(11-13-25)9-8-23-19(26)18-16(21)2-1-3-17(18)22/h1-7H,8-13H2,(H,23,26). The molecule has 1 N–H and O–H groups in total. The molecule has 0 atom stereocenters. The molecule has 138 valence electrons. The summed E-state index contributed by atoms with van der Waals surface area (Å²) in [7, 11) is 0. The van der Waals surface area contributed by atoms with Gasteiger partial charge in [-0.15, -0.1) is 0 Å². The summed E-state index contributed by atoms with van der Waals surface area (Å²) in [6.07, 6.45) is 0. The van der Waals surface area contributed by atoms with Crippen molar-refractivity contribution in [2.24, 2.45) is 0 Å². The number of hydrogen-bond donors (Lipinski definition) is 1. The molecule has 0 saturated carbocycles. The maximum absolute atomic E-state index is 13.6. The van der Waals surface area contributed by atoms with Gasteiger partial charge in [-0.3, -0.25) is 9.69 Å². The van der Waals surface area contributed by atoms with Crippen LogP contribution in [0.3, 0.4) is 0 Å². The first-order valence-corrected chi connectivity index (χ1v) is 8.87. The Labute approximate surface area is 156 Å². The molecule has 3 rings (SSSR count). The highest BCUT2D eigenvalue weighted by molar-refractivity contribution is 6.30. The van der Waals surface area contributed by atoms with Gasteiger partial charge < -0.3 is 10.2 Å². The minimum Gasteiger partial charge on any atom is -0.369 e. The summed E-state index contributed by atoms with van der Waals surface area (Å²) in [5.41, 5.74) is 0.609. The number of hydrogen-bond acceptors (Lipinski definition) is 3. The van der Waals surface area contributed by atoms with Crippen molar-refractivity contribution in [3.63, 3.8) is 0 Å². The number of anilines is 1. The maximum Gasteiger partial charge on any atom is 0.257 e. The van der Waals surface area contributed by atoms with E-state index in [9.17, 15) is 13.6 Å². The third-order valence-electron chi connectivity index (χ3n) is 4.47. The molecule has 7 heteroatoms. The van der Waals surface area contributed by atoms with Gasteiger partial charge >= 0.3 is 0 Å². The van der Waals surface area contributed by atoms with Crippen LogP contribution in [0, 0.1) is 11.6 Å². The first-order valence-electron chi connectivity index (χ1n) is 8.49. The first kappa shape index (κ1) is 18.6. The fourth-order valence-electron chi connectivity index (χ4n) is 3.01. The number of nitrogens with one attached hydrogen (secondary N) is 1. The van der Waals surface area contributed by atoms with Gasteiger partial charge in [-0.1, -0.05) is 17.7 Å². The average Bonchev–Trinajstić information content (AvgIpc) is 2.63. The lowest BCUT2D eigenvalue weighted by atomic mass is 10.2. The van der Waals surface area contributed by atoms with Crippen LogP contribution in [0.2, 0.25) is 5.02 Å². The number of carbonyl (C=O) groups is 1. The molecule has 1 saturated heterocycles. The van der Waals surface area contributed by atoms with Gasteiger partial charge in [-0.2, -0.15) is 0 Å². The molecule has 4 nitrogen and oxygen atoms in total. The van der Waals surface area contributed by atoms with Gasteiger partial charge in [0.2, 0.25) is 0 Å². The van der Waals surface area contributed by atoms with Crippen molar-refractivity contribution in [2.75, 3.05) is 44.2 Å². The molecule has 0 bridgehead atoms. The van der Waals surface area contributed by atoms with Gasteiger partial charge in [0.05, 0.1) is 0 Å². The number of rotatable bonds is 5. The zero-order valence-corrected chi connectivity index (χ0v) is 15.0. The van der Waals surface area contributed by atoms with Gasteiger partial charge in [0.1, 0.15) is 17.2 Å². The number of benzene rings is 2. The molecule has 0 radical (unpaired) electrons. The van der Waals surface area contributed by atoms with E-state index in [2.05, 4.69) is 15.1 Å². The lowest BCUT2D eigenvalue weighted by Crippen LogP contribution is -2.48. The Morgan fingerprint density at radius 1 is 1.00 bits per heavy atom.